The fourth-order valence-corrected chi connectivity index (χ4v) is 3.56. The molecular weight excluding hydrogens is 328 g/mol. The van der Waals surface area contributed by atoms with E-state index in [9.17, 15) is 5.11 Å². The predicted octanol–water partition coefficient (Wildman–Crippen LogP) is 2.34. The van der Waals surface area contributed by atoms with Gasteiger partial charge in [0.05, 0.1) is 0 Å². The number of ether oxygens (including phenoxy) is 1. The molecule has 26 heavy (non-hydrogen) atoms. The number of fused-ring (bicyclic) bond motifs is 1. The van der Waals surface area contributed by atoms with Crippen molar-refractivity contribution in [1.29, 1.82) is 0 Å². The molecule has 2 atom stereocenters. The lowest BCUT2D eigenvalue weighted by atomic mass is 10.0. The molecule has 3 heterocycles. The van der Waals surface area contributed by atoms with Gasteiger partial charge in [0.15, 0.2) is 0 Å². The number of aliphatic hydroxyl groups is 1. The number of piperidine rings is 1. The number of benzene rings is 1. The van der Waals surface area contributed by atoms with E-state index in [0.29, 0.717) is 6.54 Å². The Bertz CT molecular complexity index is 831. The summed E-state index contributed by atoms with van der Waals surface area (Å²) in [4.78, 5) is 6.46. The van der Waals surface area contributed by atoms with Gasteiger partial charge in [-0.15, -0.1) is 0 Å². The molecule has 0 unspecified atom stereocenters. The molecule has 1 aliphatic rings. The predicted molar refractivity (Wildman–Crippen MR) is 100 cm³/mol. The Morgan fingerprint density at radius 1 is 1.15 bits per heavy atom. The van der Waals surface area contributed by atoms with Crippen molar-refractivity contribution < 1.29 is 9.84 Å². The second-order valence-electron chi connectivity index (χ2n) is 6.79. The third-order valence-corrected chi connectivity index (χ3v) is 4.94. The fraction of sp³-hybridized carbons (Fsp3) is 0.400. The summed E-state index contributed by atoms with van der Waals surface area (Å²) in [5.41, 5.74) is 0. The van der Waals surface area contributed by atoms with Crippen LogP contribution >= 0.6 is 0 Å². The smallest absolute Gasteiger partial charge is 0.127 e. The van der Waals surface area contributed by atoms with Crippen molar-refractivity contribution in [3.05, 3.63) is 55.1 Å². The van der Waals surface area contributed by atoms with Crippen molar-refractivity contribution in [3.8, 4) is 5.75 Å². The van der Waals surface area contributed by atoms with Crippen LogP contribution in [0.4, 0.5) is 0 Å². The van der Waals surface area contributed by atoms with Crippen LogP contribution in [0.15, 0.2) is 55.1 Å². The molecule has 4 rings (SSSR count). The Balaban J connectivity index is 1.32. The van der Waals surface area contributed by atoms with Crippen molar-refractivity contribution in [2.45, 2.75) is 31.6 Å². The lowest BCUT2D eigenvalue weighted by Crippen LogP contribution is -2.49. The topological polar surface area (TPSA) is 63.4 Å². The molecule has 136 valence electrons. The van der Waals surface area contributed by atoms with Gasteiger partial charge in [0.25, 0.3) is 0 Å². The van der Waals surface area contributed by atoms with E-state index in [1.54, 1.807) is 12.4 Å². The Labute approximate surface area is 153 Å². The first-order chi connectivity index (χ1) is 12.8. The van der Waals surface area contributed by atoms with Crippen LogP contribution in [0.25, 0.3) is 10.8 Å². The van der Waals surface area contributed by atoms with Crippen molar-refractivity contribution in [1.82, 2.24) is 19.7 Å². The molecule has 0 amide bonds. The van der Waals surface area contributed by atoms with Crippen molar-refractivity contribution in [2.75, 3.05) is 19.6 Å². The lowest BCUT2D eigenvalue weighted by molar-refractivity contribution is -0.0250. The van der Waals surface area contributed by atoms with E-state index >= 15 is 0 Å². The number of likely N-dealkylation sites (tertiary alicyclic amines) is 1. The number of rotatable bonds is 6. The zero-order valence-corrected chi connectivity index (χ0v) is 14.7. The normalized spacial score (nSPS) is 21.1. The molecule has 6 nitrogen and oxygen atoms in total. The van der Waals surface area contributed by atoms with Crippen LogP contribution in [0, 0.1) is 0 Å². The first-order valence-electron chi connectivity index (χ1n) is 9.17. The maximum Gasteiger partial charge on any atom is 0.127 e. The van der Waals surface area contributed by atoms with Crippen LogP contribution < -0.4 is 4.74 Å². The summed E-state index contributed by atoms with van der Waals surface area (Å²) in [5.74, 6) is 0.820. The number of hydrogen-bond acceptors (Lipinski definition) is 5. The Morgan fingerprint density at radius 2 is 2.12 bits per heavy atom. The number of nitrogens with zero attached hydrogens (tertiary/aromatic N) is 4. The standard InChI is InChI=1S/C20H24N4O2/c25-18-15-23(10-3-12-24-11-2-8-22-24)13-7-20(18)26-19-5-1-4-16-14-21-9-6-17(16)19/h1-2,4-6,8-9,11,14,18,20,25H,3,7,10,12-13,15H2/t18-,20-/m1/s1. The minimum Gasteiger partial charge on any atom is -0.487 e. The van der Waals surface area contributed by atoms with Gasteiger partial charge < -0.3 is 14.7 Å². The number of pyridine rings is 1. The monoisotopic (exact) mass is 352 g/mol. The molecule has 3 aromatic rings. The minimum absolute atomic E-state index is 0.170. The number of aromatic nitrogens is 3. The maximum atomic E-state index is 10.6. The van der Waals surface area contributed by atoms with E-state index in [2.05, 4.69) is 15.0 Å². The largest absolute Gasteiger partial charge is 0.487 e. The van der Waals surface area contributed by atoms with Gasteiger partial charge in [-0.1, -0.05) is 12.1 Å². The number of aliphatic hydroxyl groups excluding tert-OH is 1. The summed E-state index contributed by atoms with van der Waals surface area (Å²) in [6.45, 7) is 3.45. The zero-order chi connectivity index (χ0) is 17.8. The molecule has 1 fully saturated rings. The summed E-state index contributed by atoms with van der Waals surface area (Å²) in [7, 11) is 0. The summed E-state index contributed by atoms with van der Waals surface area (Å²) in [6, 6.07) is 9.85. The average molecular weight is 352 g/mol. The van der Waals surface area contributed by atoms with E-state index in [-0.39, 0.29) is 6.10 Å². The molecule has 0 spiro atoms. The van der Waals surface area contributed by atoms with Crippen molar-refractivity contribution >= 4 is 10.8 Å². The summed E-state index contributed by atoms with van der Waals surface area (Å²) in [6.07, 6.45) is 8.58. The van der Waals surface area contributed by atoms with Crippen LogP contribution in [0.1, 0.15) is 12.8 Å². The van der Waals surface area contributed by atoms with Crippen LogP contribution in [0.3, 0.4) is 0 Å². The molecular formula is C20H24N4O2. The average Bonchev–Trinajstić information content (AvgIpc) is 3.18. The number of aryl methyl sites for hydroxylation is 1. The van der Waals surface area contributed by atoms with Gasteiger partial charge in [-0.25, -0.2) is 0 Å². The first-order valence-corrected chi connectivity index (χ1v) is 9.17. The molecule has 1 aliphatic heterocycles. The van der Waals surface area contributed by atoms with E-state index in [0.717, 1.165) is 49.0 Å². The van der Waals surface area contributed by atoms with Crippen LogP contribution in [-0.4, -0.2) is 56.6 Å². The Morgan fingerprint density at radius 3 is 2.96 bits per heavy atom. The fourth-order valence-electron chi connectivity index (χ4n) is 3.56. The summed E-state index contributed by atoms with van der Waals surface area (Å²) < 4.78 is 8.12. The molecule has 0 saturated carbocycles. The van der Waals surface area contributed by atoms with Gasteiger partial charge in [0.2, 0.25) is 0 Å². The molecule has 1 saturated heterocycles. The van der Waals surface area contributed by atoms with Crippen LogP contribution in [-0.2, 0) is 6.54 Å². The van der Waals surface area contributed by atoms with Gasteiger partial charge in [0, 0.05) is 61.7 Å². The Hall–Kier alpha value is -2.44. The zero-order valence-electron chi connectivity index (χ0n) is 14.7. The SMILES string of the molecule is O[C@@H]1CN(CCCn2cccn2)CC[C@H]1Oc1cccc2cnccc12. The molecule has 0 bridgehead atoms. The van der Waals surface area contributed by atoms with Gasteiger partial charge >= 0.3 is 0 Å². The second-order valence-corrected chi connectivity index (χ2v) is 6.79. The molecule has 6 heteroatoms. The van der Waals surface area contributed by atoms with Gasteiger partial charge in [-0.3, -0.25) is 9.67 Å². The van der Waals surface area contributed by atoms with Gasteiger partial charge in [-0.2, -0.15) is 5.10 Å². The Kier molecular flexibility index (Phi) is 5.13. The highest BCUT2D eigenvalue weighted by atomic mass is 16.5. The van der Waals surface area contributed by atoms with Crippen molar-refractivity contribution in [2.24, 2.45) is 0 Å². The highest BCUT2D eigenvalue weighted by Gasteiger charge is 2.29. The first kappa shape index (κ1) is 17.0. The van der Waals surface area contributed by atoms with Crippen LogP contribution in [0.5, 0.6) is 5.75 Å². The van der Waals surface area contributed by atoms with Crippen molar-refractivity contribution in [3.63, 3.8) is 0 Å². The number of β-amino-alcohol motifs (C(OH)–C–C–N with tert-alkyl or cyclic N) is 1. The lowest BCUT2D eigenvalue weighted by Gasteiger charge is -2.36. The maximum absolute atomic E-state index is 10.6. The van der Waals surface area contributed by atoms with E-state index < -0.39 is 6.10 Å². The summed E-state index contributed by atoms with van der Waals surface area (Å²) in [5, 5.41) is 16.9. The molecule has 2 aromatic heterocycles. The third-order valence-electron chi connectivity index (χ3n) is 4.94. The molecule has 1 N–H and O–H groups in total. The van der Waals surface area contributed by atoms with E-state index in [1.807, 2.05) is 47.4 Å². The highest BCUT2D eigenvalue weighted by molar-refractivity contribution is 5.87. The quantitative estimate of drug-likeness (QED) is 0.738. The third kappa shape index (κ3) is 3.86. The minimum atomic E-state index is -0.481. The van der Waals surface area contributed by atoms with Gasteiger partial charge in [0.1, 0.15) is 18.0 Å². The number of hydrogen-bond donors (Lipinski definition) is 1. The van der Waals surface area contributed by atoms with E-state index in [1.165, 1.54) is 0 Å². The highest BCUT2D eigenvalue weighted by Crippen LogP contribution is 2.27. The second kappa shape index (κ2) is 7.85. The molecule has 0 radical (unpaired) electrons. The summed E-state index contributed by atoms with van der Waals surface area (Å²) >= 11 is 0. The molecule has 1 aromatic carbocycles. The van der Waals surface area contributed by atoms with Crippen LogP contribution in [0.2, 0.25) is 0 Å². The van der Waals surface area contributed by atoms with Gasteiger partial charge in [-0.05, 0) is 31.0 Å². The molecule has 0 aliphatic carbocycles. The van der Waals surface area contributed by atoms with E-state index in [4.69, 9.17) is 4.74 Å².